The van der Waals surface area contributed by atoms with Crippen molar-refractivity contribution in [3.8, 4) is 11.5 Å². The number of rotatable bonds is 3. The van der Waals surface area contributed by atoms with Crippen LogP contribution in [0.4, 0.5) is 4.39 Å². The van der Waals surface area contributed by atoms with Crippen molar-refractivity contribution in [2.75, 3.05) is 6.79 Å². The van der Waals surface area contributed by atoms with Gasteiger partial charge >= 0.3 is 0 Å². The van der Waals surface area contributed by atoms with Gasteiger partial charge in [0, 0.05) is 6.54 Å². The van der Waals surface area contributed by atoms with E-state index in [1.54, 1.807) is 47.4 Å². The zero-order valence-electron chi connectivity index (χ0n) is 16.7. The van der Waals surface area contributed by atoms with Crippen LogP contribution in [0.1, 0.15) is 33.3 Å². The van der Waals surface area contributed by atoms with Crippen molar-refractivity contribution >= 4 is 16.9 Å². The molecule has 0 aliphatic carbocycles. The zero-order chi connectivity index (χ0) is 21.8. The Morgan fingerprint density at radius 1 is 0.938 bits per heavy atom. The molecule has 6 nitrogen and oxygen atoms in total. The van der Waals surface area contributed by atoms with Crippen molar-refractivity contribution in [2.24, 2.45) is 0 Å². The fraction of sp³-hybridized carbons (Fsp3) is 0.120. The highest BCUT2D eigenvalue weighted by Crippen LogP contribution is 2.40. The topological polar surface area (TPSA) is 69.0 Å². The van der Waals surface area contributed by atoms with Crippen LogP contribution >= 0.6 is 0 Å². The summed E-state index contributed by atoms with van der Waals surface area (Å²) in [5.41, 5.74) is 1.78. The van der Waals surface area contributed by atoms with E-state index < -0.39 is 17.8 Å². The van der Waals surface area contributed by atoms with Crippen molar-refractivity contribution in [2.45, 2.75) is 12.6 Å². The van der Waals surface area contributed by atoms with E-state index in [4.69, 9.17) is 13.9 Å². The van der Waals surface area contributed by atoms with E-state index in [1.807, 2.05) is 12.1 Å². The molecule has 1 atom stereocenters. The van der Waals surface area contributed by atoms with Gasteiger partial charge in [0.15, 0.2) is 16.9 Å². The lowest BCUT2D eigenvalue weighted by Gasteiger charge is -2.25. The lowest BCUT2D eigenvalue weighted by Crippen LogP contribution is -2.29. The molecule has 2 aliphatic rings. The predicted molar refractivity (Wildman–Crippen MR) is 113 cm³/mol. The summed E-state index contributed by atoms with van der Waals surface area (Å²) in [6.45, 7) is 0.355. The van der Waals surface area contributed by atoms with Gasteiger partial charge in [-0.05, 0) is 47.5 Å². The highest BCUT2D eigenvalue weighted by atomic mass is 19.1. The summed E-state index contributed by atoms with van der Waals surface area (Å²) in [4.78, 5) is 28.4. The molecule has 1 unspecified atom stereocenters. The number of fused-ring (bicyclic) bond motifs is 3. The minimum atomic E-state index is -0.704. The van der Waals surface area contributed by atoms with Crippen molar-refractivity contribution in [1.82, 2.24) is 4.90 Å². The predicted octanol–water partition coefficient (Wildman–Crippen LogP) is 4.41. The van der Waals surface area contributed by atoms with E-state index in [-0.39, 0.29) is 30.1 Å². The highest BCUT2D eigenvalue weighted by molar-refractivity contribution is 5.99. The first-order chi connectivity index (χ1) is 15.6. The van der Waals surface area contributed by atoms with Crippen LogP contribution in [-0.4, -0.2) is 17.6 Å². The molecule has 0 saturated carbocycles. The van der Waals surface area contributed by atoms with Crippen LogP contribution in [-0.2, 0) is 6.54 Å². The number of ether oxygens (including phenoxy) is 2. The molecule has 7 heteroatoms. The molecule has 32 heavy (non-hydrogen) atoms. The second-order valence-corrected chi connectivity index (χ2v) is 7.74. The first kappa shape index (κ1) is 18.6. The van der Waals surface area contributed by atoms with E-state index in [0.29, 0.717) is 28.0 Å². The third-order valence-corrected chi connectivity index (χ3v) is 5.85. The smallest absolute Gasteiger partial charge is 0.291 e. The van der Waals surface area contributed by atoms with Gasteiger partial charge in [0.2, 0.25) is 12.6 Å². The average molecular weight is 429 g/mol. The standard InChI is InChI=1S/C25H16FNO5/c26-16-8-6-15(7-9-16)22-21-23(28)17-3-1-2-4-18(17)32-24(21)25(29)27(22)12-14-5-10-19-20(11-14)31-13-30-19/h1-11,22H,12-13H2. The number of halogens is 1. The largest absolute Gasteiger partial charge is 0.454 e. The monoisotopic (exact) mass is 429 g/mol. The van der Waals surface area contributed by atoms with Crippen LogP contribution in [0.25, 0.3) is 11.0 Å². The Bertz CT molecular complexity index is 1440. The fourth-order valence-corrected chi connectivity index (χ4v) is 4.36. The number of para-hydroxylation sites is 1. The third kappa shape index (κ3) is 2.78. The highest BCUT2D eigenvalue weighted by Gasteiger charge is 2.42. The van der Waals surface area contributed by atoms with Crippen LogP contribution in [0.2, 0.25) is 0 Å². The van der Waals surface area contributed by atoms with Gasteiger partial charge in [0.1, 0.15) is 11.4 Å². The summed E-state index contributed by atoms with van der Waals surface area (Å²) in [5.74, 6) is 0.470. The number of benzene rings is 3. The summed E-state index contributed by atoms with van der Waals surface area (Å²) in [7, 11) is 0. The Balaban J connectivity index is 1.51. The second-order valence-electron chi connectivity index (χ2n) is 7.74. The number of hydrogen-bond donors (Lipinski definition) is 0. The van der Waals surface area contributed by atoms with E-state index in [0.717, 1.165) is 5.56 Å². The van der Waals surface area contributed by atoms with Crippen LogP contribution in [0.5, 0.6) is 11.5 Å². The van der Waals surface area contributed by atoms with Crippen LogP contribution in [0, 0.1) is 5.82 Å². The third-order valence-electron chi connectivity index (χ3n) is 5.85. The Kier molecular flexibility index (Phi) is 4.04. The molecular weight excluding hydrogens is 413 g/mol. The minimum Gasteiger partial charge on any atom is -0.454 e. The maximum Gasteiger partial charge on any atom is 0.291 e. The number of carbonyl (C=O) groups excluding carboxylic acids is 1. The Labute approximate surface area is 181 Å². The summed E-state index contributed by atoms with van der Waals surface area (Å²) in [6.07, 6.45) is 0. The molecule has 2 aliphatic heterocycles. The van der Waals surface area contributed by atoms with E-state index in [1.165, 1.54) is 12.1 Å². The molecule has 0 fully saturated rings. The van der Waals surface area contributed by atoms with Crippen LogP contribution < -0.4 is 14.9 Å². The van der Waals surface area contributed by atoms with Gasteiger partial charge in [-0.3, -0.25) is 9.59 Å². The molecule has 0 N–H and O–H groups in total. The Morgan fingerprint density at radius 3 is 2.56 bits per heavy atom. The molecule has 0 saturated heterocycles. The normalized spacial score (nSPS) is 16.6. The molecule has 158 valence electrons. The molecule has 1 aromatic heterocycles. The maximum atomic E-state index is 13.6. The van der Waals surface area contributed by atoms with Crippen molar-refractivity contribution in [3.05, 3.63) is 105 Å². The van der Waals surface area contributed by atoms with Crippen LogP contribution in [0.3, 0.4) is 0 Å². The summed E-state index contributed by atoms with van der Waals surface area (Å²) >= 11 is 0. The second kappa shape index (κ2) is 6.95. The fourth-order valence-electron chi connectivity index (χ4n) is 4.36. The van der Waals surface area contributed by atoms with E-state index in [9.17, 15) is 14.0 Å². The van der Waals surface area contributed by atoms with Gasteiger partial charge in [-0.2, -0.15) is 0 Å². The molecule has 4 aromatic rings. The van der Waals surface area contributed by atoms with Gasteiger partial charge in [0.25, 0.3) is 5.91 Å². The maximum absolute atomic E-state index is 13.6. The van der Waals surface area contributed by atoms with Gasteiger partial charge in [-0.15, -0.1) is 0 Å². The summed E-state index contributed by atoms with van der Waals surface area (Å²) in [5, 5.41) is 0.399. The van der Waals surface area contributed by atoms with Gasteiger partial charge < -0.3 is 18.8 Å². The Morgan fingerprint density at radius 2 is 1.72 bits per heavy atom. The number of hydrogen-bond acceptors (Lipinski definition) is 5. The molecule has 3 aromatic carbocycles. The van der Waals surface area contributed by atoms with Crippen LogP contribution in [0.15, 0.2) is 75.9 Å². The quantitative estimate of drug-likeness (QED) is 0.483. The van der Waals surface area contributed by atoms with Crippen molar-refractivity contribution in [3.63, 3.8) is 0 Å². The number of nitrogens with zero attached hydrogens (tertiary/aromatic N) is 1. The molecule has 0 bridgehead atoms. The zero-order valence-corrected chi connectivity index (χ0v) is 16.7. The van der Waals surface area contributed by atoms with Gasteiger partial charge in [-0.25, -0.2) is 4.39 Å². The minimum absolute atomic E-state index is 0.0174. The molecule has 3 heterocycles. The van der Waals surface area contributed by atoms with Crippen molar-refractivity contribution in [1.29, 1.82) is 0 Å². The first-order valence-corrected chi connectivity index (χ1v) is 10.1. The lowest BCUT2D eigenvalue weighted by atomic mass is 9.98. The van der Waals surface area contributed by atoms with Gasteiger partial charge in [-0.1, -0.05) is 30.3 Å². The molecule has 0 spiro atoms. The Hall–Kier alpha value is -4.13. The number of carbonyl (C=O) groups is 1. The molecular formula is C25H16FNO5. The molecule has 1 amide bonds. The SMILES string of the molecule is O=C1c2oc3ccccc3c(=O)c2C(c2ccc(F)cc2)N1Cc1ccc2c(c1)OCO2. The van der Waals surface area contributed by atoms with Gasteiger partial charge in [0.05, 0.1) is 17.0 Å². The first-order valence-electron chi connectivity index (χ1n) is 10.1. The van der Waals surface area contributed by atoms with E-state index >= 15 is 0 Å². The summed E-state index contributed by atoms with van der Waals surface area (Å²) < 4.78 is 30.3. The molecule has 0 radical (unpaired) electrons. The lowest BCUT2D eigenvalue weighted by molar-refractivity contribution is 0.0714. The number of amides is 1. The van der Waals surface area contributed by atoms with Crippen molar-refractivity contribution < 1.29 is 23.1 Å². The average Bonchev–Trinajstić information content (AvgIpc) is 3.38. The molecule has 6 rings (SSSR count). The van der Waals surface area contributed by atoms with E-state index in [2.05, 4.69) is 0 Å². The summed E-state index contributed by atoms with van der Waals surface area (Å²) in [6, 6.07) is 17.4.